The summed E-state index contributed by atoms with van der Waals surface area (Å²) in [4.78, 5) is 16.3. The Labute approximate surface area is 159 Å². The third-order valence-electron chi connectivity index (χ3n) is 5.97. The van der Waals surface area contributed by atoms with E-state index in [0.717, 1.165) is 29.5 Å². The molecule has 27 heavy (non-hydrogen) atoms. The first-order valence-corrected chi connectivity index (χ1v) is 11.3. The number of carbonyl (C=O) groups is 1. The fraction of sp³-hybridized carbons (Fsp3) is 0.778. The van der Waals surface area contributed by atoms with Gasteiger partial charge in [-0.1, -0.05) is 6.92 Å². The molecule has 4 rings (SSSR count). The summed E-state index contributed by atoms with van der Waals surface area (Å²) in [6.45, 7) is 3.55. The lowest BCUT2D eigenvalue weighted by Crippen LogP contribution is -2.45. The summed E-state index contributed by atoms with van der Waals surface area (Å²) < 4.78 is 35.2. The van der Waals surface area contributed by atoms with Crippen LogP contribution in [0.15, 0.2) is 11.2 Å². The number of hydrogen-bond donors (Lipinski definition) is 1. The average Bonchev–Trinajstić information content (AvgIpc) is 3.08. The van der Waals surface area contributed by atoms with Crippen molar-refractivity contribution >= 4 is 16.0 Å². The highest BCUT2D eigenvalue weighted by molar-refractivity contribution is 7.89. The third kappa shape index (κ3) is 3.52. The Morgan fingerprint density at radius 2 is 2.11 bits per heavy atom. The van der Waals surface area contributed by atoms with Crippen molar-refractivity contribution in [1.29, 1.82) is 0 Å². The van der Waals surface area contributed by atoms with Gasteiger partial charge >= 0.3 is 5.97 Å². The number of imidazole rings is 1. The van der Waals surface area contributed by atoms with Gasteiger partial charge in [0.15, 0.2) is 5.03 Å². The number of aromatic nitrogens is 2. The van der Waals surface area contributed by atoms with Gasteiger partial charge in [0.25, 0.3) is 10.0 Å². The molecule has 1 N–H and O–H groups in total. The zero-order chi connectivity index (χ0) is 19.2. The summed E-state index contributed by atoms with van der Waals surface area (Å²) in [5.74, 6) is -0.0756. The molecule has 0 amide bonds. The summed E-state index contributed by atoms with van der Waals surface area (Å²) >= 11 is 0. The Bertz CT molecular complexity index is 811. The van der Waals surface area contributed by atoms with Gasteiger partial charge in [-0.15, -0.1) is 0 Å². The van der Waals surface area contributed by atoms with Crippen LogP contribution < -0.4 is 0 Å². The van der Waals surface area contributed by atoms with E-state index in [4.69, 9.17) is 4.74 Å². The molecule has 0 spiro atoms. The molecule has 1 aliphatic carbocycles. The molecule has 2 aliphatic heterocycles. The van der Waals surface area contributed by atoms with Crippen LogP contribution in [0, 0.1) is 11.8 Å². The van der Waals surface area contributed by atoms with Gasteiger partial charge in [0.05, 0.1) is 6.10 Å². The molecule has 3 aliphatic rings. The van der Waals surface area contributed by atoms with Crippen LogP contribution in [-0.4, -0.2) is 58.6 Å². The first-order valence-electron chi connectivity index (χ1n) is 9.84. The Kier molecular flexibility index (Phi) is 5.02. The number of aryl methyl sites for hydroxylation is 1. The average molecular weight is 397 g/mol. The molecule has 0 aromatic carbocycles. The molecule has 3 heterocycles. The minimum absolute atomic E-state index is 0.0285. The SMILES string of the molecule is CCc1nc(S(=O)(=O)N2CCC(C3CCCO3)C2C(=O)O)cn1CC1CC1. The Balaban J connectivity index is 1.62. The molecular weight excluding hydrogens is 370 g/mol. The van der Waals surface area contributed by atoms with Gasteiger partial charge in [0.2, 0.25) is 0 Å². The van der Waals surface area contributed by atoms with Crippen LogP contribution in [0.25, 0.3) is 0 Å². The first-order chi connectivity index (χ1) is 12.9. The number of carboxylic acids is 1. The zero-order valence-corrected chi connectivity index (χ0v) is 16.4. The van der Waals surface area contributed by atoms with Crippen molar-refractivity contribution in [3.63, 3.8) is 0 Å². The van der Waals surface area contributed by atoms with Crippen LogP contribution in [0.1, 0.15) is 44.9 Å². The maximum atomic E-state index is 13.2. The van der Waals surface area contributed by atoms with Crippen LogP contribution in [0.4, 0.5) is 0 Å². The standard InChI is InChI=1S/C18H27N3O5S/c1-2-15-19-16(11-20(15)10-12-5-6-12)27(24,25)21-8-7-13(17(21)18(22)23)14-4-3-9-26-14/h11-14,17H,2-10H2,1H3,(H,22,23). The van der Waals surface area contributed by atoms with E-state index in [0.29, 0.717) is 25.4 Å². The number of sulfonamides is 1. The molecule has 0 bridgehead atoms. The molecule has 9 heteroatoms. The number of ether oxygens (including phenoxy) is 1. The predicted molar refractivity (Wildman–Crippen MR) is 96.7 cm³/mol. The van der Waals surface area contributed by atoms with E-state index in [1.54, 1.807) is 6.20 Å². The van der Waals surface area contributed by atoms with Crippen LogP contribution >= 0.6 is 0 Å². The second-order valence-electron chi connectivity index (χ2n) is 7.85. The van der Waals surface area contributed by atoms with Crippen molar-refractivity contribution in [3.05, 3.63) is 12.0 Å². The molecule has 1 saturated carbocycles. The summed E-state index contributed by atoms with van der Waals surface area (Å²) in [5.41, 5.74) is 0. The van der Waals surface area contributed by atoms with E-state index in [2.05, 4.69) is 4.98 Å². The highest BCUT2D eigenvalue weighted by Gasteiger charge is 2.50. The molecule has 1 aromatic rings. The summed E-state index contributed by atoms with van der Waals surface area (Å²) in [6, 6.07) is -1.09. The molecule has 0 radical (unpaired) electrons. The minimum Gasteiger partial charge on any atom is -0.480 e. The van der Waals surface area contributed by atoms with Crippen LogP contribution in [0.2, 0.25) is 0 Å². The lowest BCUT2D eigenvalue weighted by molar-refractivity contribution is -0.143. The number of aliphatic carboxylic acids is 1. The highest BCUT2D eigenvalue weighted by atomic mass is 32.2. The second-order valence-corrected chi connectivity index (χ2v) is 9.68. The van der Waals surface area contributed by atoms with Crippen LogP contribution in [0.3, 0.4) is 0 Å². The predicted octanol–water partition coefficient (Wildman–Crippen LogP) is 1.50. The van der Waals surface area contributed by atoms with Gasteiger partial charge in [-0.3, -0.25) is 4.79 Å². The maximum Gasteiger partial charge on any atom is 0.322 e. The largest absolute Gasteiger partial charge is 0.480 e. The first kappa shape index (κ1) is 18.9. The van der Waals surface area contributed by atoms with Crippen molar-refractivity contribution in [2.24, 2.45) is 11.8 Å². The molecule has 3 fully saturated rings. The summed E-state index contributed by atoms with van der Waals surface area (Å²) in [5, 5.41) is 9.74. The quantitative estimate of drug-likeness (QED) is 0.748. The Morgan fingerprint density at radius 1 is 1.33 bits per heavy atom. The second kappa shape index (κ2) is 7.18. The molecular formula is C18H27N3O5S. The van der Waals surface area contributed by atoms with E-state index in [1.807, 2.05) is 11.5 Å². The fourth-order valence-electron chi connectivity index (χ4n) is 4.38. The number of nitrogens with zero attached hydrogens (tertiary/aromatic N) is 3. The zero-order valence-electron chi connectivity index (χ0n) is 15.6. The lowest BCUT2D eigenvalue weighted by atomic mass is 9.92. The van der Waals surface area contributed by atoms with E-state index in [9.17, 15) is 18.3 Å². The topological polar surface area (TPSA) is 102 Å². The van der Waals surface area contributed by atoms with Crippen molar-refractivity contribution in [3.8, 4) is 0 Å². The lowest BCUT2D eigenvalue weighted by Gasteiger charge is -2.26. The van der Waals surface area contributed by atoms with Crippen molar-refractivity contribution in [1.82, 2.24) is 13.9 Å². The molecule has 8 nitrogen and oxygen atoms in total. The Morgan fingerprint density at radius 3 is 2.70 bits per heavy atom. The molecule has 1 aromatic heterocycles. The number of rotatable bonds is 7. The third-order valence-corrected chi connectivity index (χ3v) is 7.72. The van der Waals surface area contributed by atoms with Gasteiger partial charge in [-0.2, -0.15) is 4.31 Å². The van der Waals surface area contributed by atoms with Gasteiger partial charge in [0.1, 0.15) is 11.9 Å². The van der Waals surface area contributed by atoms with Gasteiger partial charge < -0.3 is 14.4 Å². The van der Waals surface area contributed by atoms with E-state index >= 15 is 0 Å². The van der Waals surface area contributed by atoms with E-state index in [-0.39, 0.29) is 23.6 Å². The van der Waals surface area contributed by atoms with Crippen molar-refractivity contribution in [2.45, 2.75) is 69.2 Å². The van der Waals surface area contributed by atoms with Gasteiger partial charge in [0, 0.05) is 38.2 Å². The number of carboxylic acid groups (broad SMARTS) is 1. The molecule has 3 unspecified atom stereocenters. The molecule has 3 atom stereocenters. The molecule has 150 valence electrons. The maximum absolute atomic E-state index is 13.2. The summed E-state index contributed by atoms with van der Waals surface area (Å²) in [6.07, 6.45) is 6.58. The van der Waals surface area contributed by atoms with Crippen molar-refractivity contribution in [2.75, 3.05) is 13.2 Å². The van der Waals surface area contributed by atoms with Crippen molar-refractivity contribution < 1.29 is 23.1 Å². The minimum atomic E-state index is -3.96. The fourth-order valence-corrected chi connectivity index (χ4v) is 6.00. The monoisotopic (exact) mass is 397 g/mol. The highest BCUT2D eigenvalue weighted by Crippen LogP contribution is 2.37. The van der Waals surface area contributed by atoms with Gasteiger partial charge in [-0.25, -0.2) is 13.4 Å². The Hall–Kier alpha value is -1.45. The smallest absolute Gasteiger partial charge is 0.322 e. The van der Waals surface area contributed by atoms with E-state index in [1.165, 1.54) is 12.8 Å². The van der Waals surface area contributed by atoms with Crippen LogP contribution in [0.5, 0.6) is 0 Å². The molecule has 2 saturated heterocycles. The van der Waals surface area contributed by atoms with E-state index < -0.39 is 22.0 Å². The van der Waals surface area contributed by atoms with Gasteiger partial charge in [-0.05, 0) is 38.0 Å². The summed E-state index contributed by atoms with van der Waals surface area (Å²) in [7, 11) is -3.96. The number of hydrogen-bond acceptors (Lipinski definition) is 5. The normalized spacial score (nSPS) is 29.4. The van der Waals surface area contributed by atoms with Crippen LogP contribution in [-0.2, 0) is 32.5 Å².